The maximum absolute atomic E-state index is 5.98. The zero-order chi connectivity index (χ0) is 11.5. The van der Waals surface area contributed by atoms with Crippen molar-refractivity contribution in [3.05, 3.63) is 47.1 Å². The van der Waals surface area contributed by atoms with Gasteiger partial charge >= 0.3 is 0 Å². The molecule has 0 aliphatic heterocycles. The van der Waals surface area contributed by atoms with Crippen LogP contribution in [0.15, 0.2) is 36.5 Å². The molecule has 0 spiro atoms. The second-order valence-corrected chi connectivity index (χ2v) is 3.85. The van der Waals surface area contributed by atoms with Gasteiger partial charge < -0.3 is 10.5 Å². The third-order valence-corrected chi connectivity index (χ3v) is 2.53. The van der Waals surface area contributed by atoms with Crippen molar-refractivity contribution in [3.63, 3.8) is 0 Å². The van der Waals surface area contributed by atoms with Crippen molar-refractivity contribution < 1.29 is 4.74 Å². The Balaban J connectivity index is 2.20. The maximum atomic E-state index is 5.98. The molecule has 82 valence electrons. The van der Waals surface area contributed by atoms with Gasteiger partial charge in [-0.15, -0.1) is 0 Å². The highest BCUT2D eigenvalue weighted by Gasteiger charge is 2.01. The minimum Gasteiger partial charge on any atom is -0.439 e. The first-order valence-corrected chi connectivity index (χ1v) is 5.18. The van der Waals surface area contributed by atoms with E-state index in [0.29, 0.717) is 22.3 Å². The summed E-state index contributed by atoms with van der Waals surface area (Å²) in [5, 5.41) is 0.674. The molecular formula is C12H11ClN2O. The summed E-state index contributed by atoms with van der Waals surface area (Å²) < 4.78 is 5.52. The van der Waals surface area contributed by atoms with Gasteiger partial charge in [0.25, 0.3) is 0 Å². The van der Waals surface area contributed by atoms with Crippen LogP contribution in [-0.2, 0) is 0 Å². The Hall–Kier alpha value is -1.74. The molecule has 2 N–H and O–H groups in total. The number of rotatable bonds is 2. The summed E-state index contributed by atoms with van der Waals surface area (Å²) >= 11 is 5.98. The molecule has 1 aromatic carbocycles. The first-order chi connectivity index (χ1) is 7.65. The summed E-state index contributed by atoms with van der Waals surface area (Å²) in [6.07, 6.45) is 1.55. The van der Waals surface area contributed by atoms with Crippen LogP contribution in [0.25, 0.3) is 0 Å². The highest BCUT2D eigenvalue weighted by atomic mass is 35.5. The van der Waals surface area contributed by atoms with E-state index < -0.39 is 0 Å². The predicted molar refractivity (Wildman–Crippen MR) is 64.9 cm³/mol. The van der Waals surface area contributed by atoms with E-state index in [0.717, 1.165) is 5.56 Å². The molecule has 0 amide bonds. The van der Waals surface area contributed by atoms with Crippen LogP contribution in [0.4, 0.5) is 5.69 Å². The summed E-state index contributed by atoms with van der Waals surface area (Å²) in [5.74, 6) is 1.15. The Morgan fingerprint density at radius 1 is 1.25 bits per heavy atom. The monoisotopic (exact) mass is 234 g/mol. The van der Waals surface area contributed by atoms with Crippen LogP contribution in [0.3, 0.4) is 0 Å². The van der Waals surface area contributed by atoms with Crippen LogP contribution >= 0.6 is 11.6 Å². The molecule has 0 atom stereocenters. The van der Waals surface area contributed by atoms with E-state index in [-0.39, 0.29) is 0 Å². The van der Waals surface area contributed by atoms with Gasteiger partial charge in [0.15, 0.2) is 0 Å². The quantitative estimate of drug-likeness (QED) is 0.866. The first-order valence-electron chi connectivity index (χ1n) is 4.81. The van der Waals surface area contributed by atoms with Crippen molar-refractivity contribution in [1.82, 2.24) is 4.98 Å². The molecule has 3 nitrogen and oxygen atoms in total. The number of nitrogens with two attached hydrogens (primary N) is 1. The summed E-state index contributed by atoms with van der Waals surface area (Å²) in [7, 11) is 0. The molecule has 16 heavy (non-hydrogen) atoms. The lowest BCUT2D eigenvalue weighted by molar-refractivity contribution is 0.463. The second kappa shape index (κ2) is 4.41. The Bertz CT molecular complexity index is 497. The van der Waals surface area contributed by atoms with Gasteiger partial charge in [0.05, 0.1) is 11.9 Å². The average molecular weight is 235 g/mol. The number of nitrogen functional groups attached to an aromatic ring is 1. The highest BCUT2D eigenvalue weighted by molar-refractivity contribution is 6.31. The summed E-state index contributed by atoms with van der Waals surface area (Å²) in [6, 6.07) is 8.95. The lowest BCUT2D eigenvalue weighted by atomic mass is 10.2. The lowest BCUT2D eigenvalue weighted by Gasteiger charge is -2.06. The highest BCUT2D eigenvalue weighted by Crippen LogP contribution is 2.25. The summed E-state index contributed by atoms with van der Waals surface area (Å²) in [5.41, 5.74) is 7.14. The van der Waals surface area contributed by atoms with Gasteiger partial charge in [-0.05, 0) is 30.7 Å². The van der Waals surface area contributed by atoms with Crippen molar-refractivity contribution in [3.8, 4) is 11.6 Å². The van der Waals surface area contributed by atoms with E-state index in [1.807, 2.05) is 19.1 Å². The third-order valence-electron chi connectivity index (χ3n) is 2.12. The largest absolute Gasteiger partial charge is 0.439 e. The Kier molecular flexibility index (Phi) is 2.97. The molecule has 4 heteroatoms. The van der Waals surface area contributed by atoms with Crippen LogP contribution in [0.5, 0.6) is 11.6 Å². The molecule has 1 heterocycles. The van der Waals surface area contributed by atoms with E-state index in [1.54, 1.807) is 24.4 Å². The number of nitrogens with zero attached hydrogens (tertiary/aromatic N) is 1. The van der Waals surface area contributed by atoms with Crippen molar-refractivity contribution in [2.24, 2.45) is 0 Å². The Morgan fingerprint density at radius 3 is 2.69 bits per heavy atom. The molecule has 2 rings (SSSR count). The van der Waals surface area contributed by atoms with Crippen LogP contribution in [0.1, 0.15) is 5.56 Å². The fourth-order valence-corrected chi connectivity index (χ4v) is 1.38. The Labute approximate surface area is 98.8 Å². The maximum Gasteiger partial charge on any atom is 0.219 e. The molecule has 2 aromatic rings. The van der Waals surface area contributed by atoms with E-state index >= 15 is 0 Å². The molecule has 1 aromatic heterocycles. The number of aromatic nitrogens is 1. The standard InChI is InChI=1S/C12H11ClN2O/c1-8-2-4-10(6-11(8)13)16-12-5-3-9(14)7-15-12/h2-7H,14H2,1H3. The molecule has 0 unspecified atom stereocenters. The van der Waals surface area contributed by atoms with Crippen molar-refractivity contribution >= 4 is 17.3 Å². The van der Waals surface area contributed by atoms with Crippen molar-refractivity contribution in [2.75, 3.05) is 5.73 Å². The Morgan fingerprint density at radius 2 is 2.06 bits per heavy atom. The number of halogens is 1. The summed E-state index contributed by atoms with van der Waals surface area (Å²) in [4.78, 5) is 4.04. The second-order valence-electron chi connectivity index (χ2n) is 3.44. The molecule has 0 radical (unpaired) electrons. The normalized spacial score (nSPS) is 10.1. The molecule has 0 aliphatic carbocycles. The predicted octanol–water partition coefficient (Wildman–Crippen LogP) is 3.42. The van der Waals surface area contributed by atoms with Crippen LogP contribution in [0, 0.1) is 6.92 Å². The SMILES string of the molecule is Cc1ccc(Oc2ccc(N)cn2)cc1Cl. The lowest BCUT2D eigenvalue weighted by Crippen LogP contribution is -1.90. The minimum atomic E-state index is 0.495. The molecule has 0 aliphatic rings. The van der Waals surface area contributed by atoms with Gasteiger partial charge in [-0.25, -0.2) is 4.98 Å². The molecule has 0 saturated carbocycles. The average Bonchev–Trinajstić information content (AvgIpc) is 2.27. The third kappa shape index (κ3) is 2.44. The van der Waals surface area contributed by atoms with Crippen molar-refractivity contribution in [2.45, 2.75) is 6.92 Å². The fourth-order valence-electron chi connectivity index (χ4n) is 1.21. The molecule has 0 fully saturated rings. The van der Waals surface area contributed by atoms with E-state index in [9.17, 15) is 0 Å². The van der Waals surface area contributed by atoms with Gasteiger partial charge in [-0.1, -0.05) is 17.7 Å². The zero-order valence-corrected chi connectivity index (χ0v) is 9.53. The van der Waals surface area contributed by atoms with Gasteiger partial charge in [0.1, 0.15) is 5.75 Å². The molecule has 0 saturated heterocycles. The first kappa shape index (κ1) is 10.8. The number of hydrogen-bond acceptors (Lipinski definition) is 3. The number of benzene rings is 1. The molecular weight excluding hydrogens is 224 g/mol. The van der Waals surface area contributed by atoms with Crippen LogP contribution < -0.4 is 10.5 Å². The number of ether oxygens (including phenoxy) is 1. The van der Waals surface area contributed by atoms with Gasteiger partial charge in [0, 0.05) is 11.1 Å². The van der Waals surface area contributed by atoms with E-state index in [4.69, 9.17) is 22.1 Å². The van der Waals surface area contributed by atoms with E-state index in [2.05, 4.69) is 4.98 Å². The number of aryl methyl sites for hydroxylation is 1. The van der Waals surface area contributed by atoms with Gasteiger partial charge in [-0.3, -0.25) is 0 Å². The van der Waals surface area contributed by atoms with Crippen molar-refractivity contribution in [1.29, 1.82) is 0 Å². The topological polar surface area (TPSA) is 48.1 Å². The molecule has 0 bridgehead atoms. The fraction of sp³-hybridized carbons (Fsp3) is 0.0833. The smallest absolute Gasteiger partial charge is 0.219 e. The minimum absolute atomic E-state index is 0.495. The summed E-state index contributed by atoms with van der Waals surface area (Å²) in [6.45, 7) is 1.94. The van der Waals surface area contributed by atoms with E-state index in [1.165, 1.54) is 0 Å². The van der Waals surface area contributed by atoms with Crippen LogP contribution in [0.2, 0.25) is 5.02 Å². The number of hydrogen-bond donors (Lipinski definition) is 1. The number of anilines is 1. The van der Waals surface area contributed by atoms with Crippen LogP contribution in [-0.4, -0.2) is 4.98 Å². The zero-order valence-electron chi connectivity index (χ0n) is 8.77. The van der Waals surface area contributed by atoms with Gasteiger partial charge in [-0.2, -0.15) is 0 Å². The van der Waals surface area contributed by atoms with Gasteiger partial charge in [0.2, 0.25) is 5.88 Å². The number of pyridine rings is 1.